The lowest BCUT2D eigenvalue weighted by Gasteiger charge is -2.40. The maximum absolute atomic E-state index is 14.0. The molecule has 6 heteroatoms. The lowest BCUT2D eigenvalue weighted by Crippen LogP contribution is -2.48. The highest BCUT2D eigenvalue weighted by Gasteiger charge is 2.33. The summed E-state index contributed by atoms with van der Waals surface area (Å²) >= 11 is 0. The predicted octanol–water partition coefficient (Wildman–Crippen LogP) is 5.72. The van der Waals surface area contributed by atoms with Crippen LogP contribution in [0, 0.1) is 19.8 Å². The van der Waals surface area contributed by atoms with Gasteiger partial charge in [0.1, 0.15) is 5.52 Å². The van der Waals surface area contributed by atoms with E-state index >= 15 is 0 Å². The molecule has 1 fully saturated rings. The fourth-order valence-electron chi connectivity index (χ4n) is 5.26. The Morgan fingerprint density at radius 1 is 1.12 bits per heavy atom. The number of oxazole rings is 1. The minimum atomic E-state index is 0.102. The van der Waals surface area contributed by atoms with Crippen LogP contribution in [0.2, 0.25) is 0 Å². The first-order valence-electron chi connectivity index (χ1n) is 12.2. The van der Waals surface area contributed by atoms with Crippen molar-refractivity contribution in [1.29, 1.82) is 0 Å². The second-order valence-corrected chi connectivity index (χ2v) is 9.69. The number of hydrogen-bond acceptors (Lipinski definition) is 4. The van der Waals surface area contributed by atoms with Gasteiger partial charge in [-0.2, -0.15) is 5.10 Å². The maximum Gasteiger partial charge on any atom is 0.254 e. The summed E-state index contributed by atoms with van der Waals surface area (Å²) in [7, 11) is 1.91. The van der Waals surface area contributed by atoms with Crippen LogP contribution in [0.1, 0.15) is 53.6 Å². The van der Waals surface area contributed by atoms with Gasteiger partial charge >= 0.3 is 0 Å². The highest BCUT2D eigenvalue weighted by molar-refractivity contribution is 6.01. The highest BCUT2D eigenvalue weighted by atomic mass is 16.3. The third-order valence-corrected chi connectivity index (χ3v) is 7.12. The first-order valence-corrected chi connectivity index (χ1v) is 12.2. The Morgan fingerprint density at radius 3 is 2.71 bits per heavy atom. The smallest absolute Gasteiger partial charge is 0.254 e. The fourth-order valence-corrected chi connectivity index (χ4v) is 5.26. The van der Waals surface area contributed by atoms with Gasteiger partial charge in [-0.1, -0.05) is 30.7 Å². The average molecular weight is 457 g/mol. The second kappa shape index (κ2) is 9.09. The average Bonchev–Trinajstić information content (AvgIpc) is 3.42. The number of rotatable bonds is 5. The standard InChI is InChI=1S/C28H32N4O2/c1-18-7-9-21(25-13-14-29-31(25)4)22(16-18)28(33)32-15-5-6-20(3)24(32)10-12-27-30-23-17-19(2)8-11-26(23)34-27/h7-9,11,13-14,16-17,20,24H,5-6,10,12,15H2,1-4H3/t20-,24-/m1/s1. The molecule has 0 spiro atoms. The zero-order chi connectivity index (χ0) is 23.8. The molecule has 0 N–H and O–H groups in total. The van der Waals surface area contributed by atoms with Crippen LogP contribution in [0.3, 0.4) is 0 Å². The summed E-state index contributed by atoms with van der Waals surface area (Å²) in [6, 6.07) is 14.3. The third-order valence-electron chi connectivity index (χ3n) is 7.12. The van der Waals surface area contributed by atoms with Gasteiger partial charge < -0.3 is 9.32 Å². The monoisotopic (exact) mass is 456 g/mol. The summed E-state index contributed by atoms with van der Waals surface area (Å²) in [5, 5.41) is 4.32. The molecule has 6 nitrogen and oxygen atoms in total. The van der Waals surface area contributed by atoms with Crippen LogP contribution >= 0.6 is 0 Å². The van der Waals surface area contributed by atoms with Gasteiger partial charge in [0.25, 0.3) is 5.91 Å². The van der Waals surface area contributed by atoms with E-state index in [0.717, 1.165) is 71.6 Å². The van der Waals surface area contributed by atoms with Crippen molar-refractivity contribution in [3.63, 3.8) is 0 Å². The van der Waals surface area contributed by atoms with Crippen LogP contribution in [-0.4, -0.2) is 38.2 Å². The number of carbonyl (C=O) groups excluding carboxylic acids is 1. The Hall–Kier alpha value is -3.41. The van der Waals surface area contributed by atoms with Crippen molar-refractivity contribution < 1.29 is 9.21 Å². The molecule has 5 rings (SSSR count). The van der Waals surface area contributed by atoms with Crippen molar-refractivity contribution in [2.45, 2.75) is 52.5 Å². The minimum Gasteiger partial charge on any atom is -0.441 e. The van der Waals surface area contributed by atoms with Crippen molar-refractivity contribution in [2.75, 3.05) is 6.54 Å². The van der Waals surface area contributed by atoms with E-state index in [0.29, 0.717) is 5.92 Å². The molecule has 1 aliphatic rings. The summed E-state index contributed by atoms with van der Waals surface area (Å²) in [4.78, 5) is 20.8. The fraction of sp³-hybridized carbons (Fsp3) is 0.393. The van der Waals surface area contributed by atoms with Crippen LogP contribution in [0.25, 0.3) is 22.4 Å². The van der Waals surface area contributed by atoms with Gasteiger partial charge in [0, 0.05) is 43.4 Å². The zero-order valence-electron chi connectivity index (χ0n) is 20.4. The molecule has 0 radical (unpaired) electrons. The van der Waals surface area contributed by atoms with E-state index < -0.39 is 0 Å². The van der Waals surface area contributed by atoms with E-state index in [9.17, 15) is 4.79 Å². The SMILES string of the molecule is Cc1ccc(-c2ccnn2C)c(C(=O)N2CCC[C@@H](C)[C@H]2CCc2nc3cc(C)ccc3o2)c1. The normalized spacial score (nSPS) is 18.5. The molecule has 0 aliphatic carbocycles. The van der Waals surface area contributed by atoms with E-state index in [1.54, 1.807) is 6.20 Å². The summed E-state index contributed by atoms with van der Waals surface area (Å²) in [5.41, 5.74) is 6.62. The van der Waals surface area contributed by atoms with E-state index in [2.05, 4.69) is 36.0 Å². The van der Waals surface area contributed by atoms with Crippen molar-refractivity contribution in [3.05, 3.63) is 71.2 Å². The van der Waals surface area contributed by atoms with Gasteiger partial charge in [-0.3, -0.25) is 9.48 Å². The van der Waals surface area contributed by atoms with Gasteiger partial charge in [0.05, 0.1) is 5.69 Å². The Bertz CT molecular complexity index is 1340. The summed E-state index contributed by atoms with van der Waals surface area (Å²) < 4.78 is 7.83. The number of piperidine rings is 1. The van der Waals surface area contributed by atoms with Crippen LogP contribution in [0.5, 0.6) is 0 Å². The molecule has 176 valence electrons. The Balaban J connectivity index is 1.42. The number of hydrogen-bond donors (Lipinski definition) is 0. The summed E-state index contributed by atoms with van der Waals surface area (Å²) in [6.45, 7) is 7.14. The molecule has 2 aromatic heterocycles. The largest absolute Gasteiger partial charge is 0.441 e. The number of carbonyl (C=O) groups is 1. The number of aromatic nitrogens is 3. The lowest BCUT2D eigenvalue weighted by molar-refractivity contribution is 0.0497. The minimum absolute atomic E-state index is 0.102. The van der Waals surface area contributed by atoms with Gasteiger partial charge in [0.2, 0.25) is 0 Å². The zero-order valence-corrected chi connectivity index (χ0v) is 20.4. The molecule has 2 aromatic carbocycles. The van der Waals surface area contributed by atoms with E-state index in [1.165, 1.54) is 5.56 Å². The molecule has 4 aromatic rings. The topological polar surface area (TPSA) is 64.2 Å². The van der Waals surface area contributed by atoms with Crippen LogP contribution < -0.4 is 0 Å². The van der Waals surface area contributed by atoms with Crippen LogP contribution in [-0.2, 0) is 13.5 Å². The maximum atomic E-state index is 14.0. The number of fused-ring (bicyclic) bond motifs is 1. The molecule has 1 saturated heterocycles. The molecule has 34 heavy (non-hydrogen) atoms. The third kappa shape index (κ3) is 4.25. The lowest BCUT2D eigenvalue weighted by atomic mass is 9.87. The van der Waals surface area contributed by atoms with E-state index in [1.807, 2.05) is 49.0 Å². The molecular weight excluding hydrogens is 424 g/mol. The molecule has 0 unspecified atom stereocenters. The van der Waals surface area contributed by atoms with E-state index in [4.69, 9.17) is 9.40 Å². The van der Waals surface area contributed by atoms with Gasteiger partial charge in [-0.05, 0) is 68.9 Å². The Morgan fingerprint density at radius 2 is 1.91 bits per heavy atom. The molecule has 3 heterocycles. The Labute approximate surface area is 200 Å². The predicted molar refractivity (Wildman–Crippen MR) is 134 cm³/mol. The number of likely N-dealkylation sites (tertiary alicyclic amines) is 1. The molecule has 1 amide bonds. The molecule has 0 saturated carbocycles. The Kier molecular flexibility index (Phi) is 5.98. The summed E-state index contributed by atoms with van der Waals surface area (Å²) in [5.74, 6) is 1.27. The van der Waals surface area contributed by atoms with Crippen LogP contribution in [0.4, 0.5) is 0 Å². The number of nitrogens with zero attached hydrogens (tertiary/aromatic N) is 4. The van der Waals surface area contributed by atoms with Gasteiger partial charge in [-0.15, -0.1) is 0 Å². The molecular formula is C28H32N4O2. The first-order chi connectivity index (χ1) is 16.4. The highest BCUT2D eigenvalue weighted by Crippen LogP contribution is 2.32. The molecule has 1 aliphatic heterocycles. The molecule has 0 bridgehead atoms. The molecule has 2 atom stereocenters. The number of aryl methyl sites for hydroxylation is 4. The quantitative estimate of drug-likeness (QED) is 0.385. The van der Waals surface area contributed by atoms with E-state index in [-0.39, 0.29) is 11.9 Å². The first kappa shape index (κ1) is 22.4. The number of amides is 1. The second-order valence-electron chi connectivity index (χ2n) is 9.69. The number of benzene rings is 2. The van der Waals surface area contributed by atoms with Crippen molar-refractivity contribution >= 4 is 17.0 Å². The van der Waals surface area contributed by atoms with Crippen molar-refractivity contribution in [1.82, 2.24) is 19.7 Å². The van der Waals surface area contributed by atoms with Gasteiger partial charge in [-0.25, -0.2) is 4.98 Å². The van der Waals surface area contributed by atoms with Crippen LogP contribution in [0.15, 0.2) is 53.1 Å². The van der Waals surface area contributed by atoms with Crippen molar-refractivity contribution in [3.8, 4) is 11.3 Å². The van der Waals surface area contributed by atoms with Gasteiger partial charge in [0.15, 0.2) is 11.5 Å². The summed E-state index contributed by atoms with van der Waals surface area (Å²) in [6.07, 6.45) is 5.49. The van der Waals surface area contributed by atoms with Crippen molar-refractivity contribution in [2.24, 2.45) is 13.0 Å².